The molecule has 2 heterocycles. The van der Waals surface area contributed by atoms with E-state index in [0.717, 1.165) is 16.8 Å². The van der Waals surface area contributed by atoms with Gasteiger partial charge in [-0.3, -0.25) is 4.79 Å². The summed E-state index contributed by atoms with van der Waals surface area (Å²) in [5.41, 5.74) is 3.27. The minimum Gasteiger partial charge on any atom is -0.467 e. The summed E-state index contributed by atoms with van der Waals surface area (Å²) in [4.78, 5) is 17.0. The predicted octanol–water partition coefficient (Wildman–Crippen LogP) is 4.84. The number of amides is 1. The molecular formula is C24H23N3O3. The summed E-state index contributed by atoms with van der Waals surface area (Å²) in [6, 6.07) is 23.1. The molecule has 0 N–H and O–H groups in total. The molecule has 0 aliphatic heterocycles. The van der Waals surface area contributed by atoms with Crippen LogP contribution >= 0.6 is 0 Å². The molecule has 4 rings (SSSR count). The first-order chi connectivity index (χ1) is 14.6. The van der Waals surface area contributed by atoms with E-state index < -0.39 is 0 Å². The first-order valence-corrected chi connectivity index (χ1v) is 9.70. The topological polar surface area (TPSA) is 62.7 Å². The van der Waals surface area contributed by atoms with Crippen molar-refractivity contribution >= 4 is 11.6 Å². The van der Waals surface area contributed by atoms with Crippen LogP contribution in [0.1, 0.15) is 21.8 Å². The highest BCUT2D eigenvalue weighted by Crippen LogP contribution is 2.22. The molecule has 30 heavy (non-hydrogen) atoms. The van der Waals surface area contributed by atoms with Crippen LogP contribution in [0.15, 0.2) is 88.0 Å². The molecule has 0 aliphatic rings. The normalized spacial score (nSPS) is 10.7. The maximum Gasteiger partial charge on any atom is 0.276 e. The second kappa shape index (κ2) is 8.69. The molecule has 6 heteroatoms. The number of carbonyl (C=O) groups excluding carboxylic acids is 1. The van der Waals surface area contributed by atoms with E-state index in [1.165, 1.54) is 0 Å². The number of anilines is 1. The van der Waals surface area contributed by atoms with Gasteiger partial charge in [0.2, 0.25) is 0 Å². The Bertz CT molecular complexity index is 1080. The zero-order valence-corrected chi connectivity index (χ0v) is 17.0. The fourth-order valence-corrected chi connectivity index (χ4v) is 3.19. The Labute approximate surface area is 175 Å². The van der Waals surface area contributed by atoms with E-state index >= 15 is 0 Å². The van der Waals surface area contributed by atoms with Crippen LogP contribution in [0.2, 0.25) is 0 Å². The highest BCUT2D eigenvalue weighted by molar-refractivity contribution is 5.93. The molecule has 0 fully saturated rings. The minimum atomic E-state index is -0.214. The Morgan fingerprint density at radius 3 is 2.37 bits per heavy atom. The van der Waals surface area contributed by atoms with Gasteiger partial charge in [-0.05, 0) is 29.8 Å². The van der Waals surface area contributed by atoms with Gasteiger partial charge in [0.05, 0.1) is 12.8 Å². The Balaban J connectivity index is 1.57. The molecule has 0 saturated heterocycles. The molecule has 0 spiro atoms. The highest BCUT2D eigenvalue weighted by atomic mass is 16.5. The number of aromatic nitrogens is 1. The molecule has 0 bridgehead atoms. The van der Waals surface area contributed by atoms with E-state index in [-0.39, 0.29) is 11.6 Å². The van der Waals surface area contributed by atoms with Crippen molar-refractivity contribution in [2.75, 3.05) is 19.0 Å². The lowest BCUT2D eigenvalue weighted by molar-refractivity contribution is 0.0707. The molecule has 0 unspecified atom stereocenters. The van der Waals surface area contributed by atoms with Gasteiger partial charge in [-0.1, -0.05) is 47.6 Å². The number of hydrogen-bond acceptors (Lipinski definition) is 5. The molecule has 0 atom stereocenters. The van der Waals surface area contributed by atoms with E-state index in [0.29, 0.717) is 24.6 Å². The van der Waals surface area contributed by atoms with Crippen molar-refractivity contribution in [1.82, 2.24) is 10.1 Å². The summed E-state index contributed by atoms with van der Waals surface area (Å²) in [5, 5.41) is 4.02. The lowest BCUT2D eigenvalue weighted by Gasteiger charge is -2.21. The van der Waals surface area contributed by atoms with Gasteiger partial charge < -0.3 is 18.7 Å². The Morgan fingerprint density at radius 2 is 1.70 bits per heavy atom. The number of furan rings is 1. The molecule has 2 aromatic heterocycles. The number of benzene rings is 2. The highest BCUT2D eigenvalue weighted by Gasteiger charge is 2.22. The molecule has 0 saturated carbocycles. The quantitative estimate of drug-likeness (QED) is 0.443. The summed E-state index contributed by atoms with van der Waals surface area (Å²) in [6.07, 6.45) is 1.60. The van der Waals surface area contributed by atoms with Crippen LogP contribution in [0.4, 0.5) is 5.69 Å². The van der Waals surface area contributed by atoms with Crippen molar-refractivity contribution < 1.29 is 13.7 Å². The number of nitrogens with zero attached hydrogens (tertiary/aromatic N) is 3. The Kier molecular flexibility index (Phi) is 5.66. The van der Waals surface area contributed by atoms with Gasteiger partial charge in [0.25, 0.3) is 5.91 Å². The van der Waals surface area contributed by atoms with E-state index in [1.807, 2.05) is 85.7 Å². The van der Waals surface area contributed by atoms with Gasteiger partial charge in [0.1, 0.15) is 5.76 Å². The molecule has 2 aromatic carbocycles. The van der Waals surface area contributed by atoms with Crippen molar-refractivity contribution in [2.24, 2.45) is 0 Å². The number of carbonyl (C=O) groups is 1. The average Bonchev–Trinajstić information content (AvgIpc) is 3.46. The van der Waals surface area contributed by atoms with Gasteiger partial charge in [-0.15, -0.1) is 0 Å². The van der Waals surface area contributed by atoms with Gasteiger partial charge in [-0.25, -0.2) is 0 Å². The third-order valence-corrected chi connectivity index (χ3v) is 4.83. The summed E-state index contributed by atoms with van der Waals surface area (Å²) >= 11 is 0. The Morgan fingerprint density at radius 1 is 0.933 bits per heavy atom. The van der Waals surface area contributed by atoms with Crippen LogP contribution < -0.4 is 4.90 Å². The molecule has 4 aromatic rings. The summed E-state index contributed by atoms with van der Waals surface area (Å²) < 4.78 is 10.9. The van der Waals surface area contributed by atoms with E-state index in [2.05, 4.69) is 5.16 Å². The summed E-state index contributed by atoms with van der Waals surface area (Å²) in [5.74, 6) is 1.06. The lowest BCUT2D eigenvalue weighted by Crippen LogP contribution is -2.30. The van der Waals surface area contributed by atoms with E-state index in [1.54, 1.807) is 17.2 Å². The third-order valence-electron chi connectivity index (χ3n) is 4.83. The summed E-state index contributed by atoms with van der Waals surface area (Å²) in [6.45, 7) is 0.773. The van der Waals surface area contributed by atoms with Gasteiger partial charge in [-0.2, -0.15) is 0 Å². The van der Waals surface area contributed by atoms with Crippen LogP contribution in [-0.4, -0.2) is 30.1 Å². The molecule has 6 nitrogen and oxygen atoms in total. The molecule has 152 valence electrons. The number of rotatable bonds is 7. The summed E-state index contributed by atoms with van der Waals surface area (Å²) in [7, 11) is 3.99. The molecule has 0 aliphatic carbocycles. The predicted molar refractivity (Wildman–Crippen MR) is 115 cm³/mol. The van der Waals surface area contributed by atoms with Crippen molar-refractivity contribution in [2.45, 2.75) is 13.1 Å². The standard InChI is InChI=1S/C24H23N3O3/c1-26(2)20-12-10-18(11-13-20)16-27(17-21-9-6-14-29-21)24(28)22-15-23(30-25-22)19-7-4-3-5-8-19/h3-15H,16-17H2,1-2H3. The Hall–Kier alpha value is -3.80. The van der Waals surface area contributed by atoms with E-state index in [4.69, 9.17) is 8.94 Å². The van der Waals surface area contributed by atoms with Crippen LogP contribution in [-0.2, 0) is 13.1 Å². The SMILES string of the molecule is CN(C)c1ccc(CN(Cc2ccco2)C(=O)c2cc(-c3ccccc3)on2)cc1. The lowest BCUT2D eigenvalue weighted by atomic mass is 10.1. The van der Waals surface area contributed by atoms with Crippen LogP contribution in [0.3, 0.4) is 0 Å². The molecule has 1 amide bonds. The van der Waals surface area contributed by atoms with Gasteiger partial charge >= 0.3 is 0 Å². The minimum absolute atomic E-state index is 0.214. The van der Waals surface area contributed by atoms with Crippen molar-refractivity contribution in [1.29, 1.82) is 0 Å². The first kappa shape index (κ1) is 19.5. The van der Waals surface area contributed by atoms with Crippen LogP contribution in [0, 0.1) is 0 Å². The first-order valence-electron chi connectivity index (χ1n) is 9.70. The average molecular weight is 401 g/mol. The molecule has 0 radical (unpaired) electrons. The smallest absolute Gasteiger partial charge is 0.276 e. The number of hydrogen-bond donors (Lipinski definition) is 0. The maximum atomic E-state index is 13.2. The van der Waals surface area contributed by atoms with Crippen molar-refractivity contribution in [3.05, 3.63) is 96.1 Å². The van der Waals surface area contributed by atoms with Gasteiger partial charge in [0.15, 0.2) is 11.5 Å². The van der Waals surface area contributed by atoms with E-state index in [9.17, 15) is 4.79 Å². The van der Waals surface area contributed by atoms with Gasteiger partial charge in [0, 0.05) is 38.0 Å². The zero-order valence-electron chi connectivity index (χ0n) is 17.0. The van der Waals surface area contributed by atoms with Crippen molar-refractivity contribution in [3.63, 3.8) is 0 Å². The second-order valence-electron chi connectivity index (χ2n) is 7.24. The largest absolute Gasteiger partial charge is 0.467 e. The fourth-order valence-electron chi connectivity index (χ4n) is 3.19. The zero-order chi connectivity index (χ0) is 20.9. The monoisotopic (exact) mass is 401 g/mol. The molecular weight excluding hydrogens is 378 g/mol. The van der Waals surface area contributed by atoms with Crippen LogP contribution in [0.5, 0.6) is 0 Å². The van der Waals surface area contributed by atoms with Crippen LogP contribution in [0.25, 0.3) is 11.3 Å². The second-order valence-corrected chi connectivity index (χ2v) is 7.24. The third kappa shape index (κ3) is 4.43. The van der Waals surface area contributed by atoms with Crippen molar-refractivity contribution in [3.8, 4) is 11.3 Å². The maximum absolute atomic E-state index is 13.2. The fraction of sp³-hybridized carbons (Fsp3) is 0.167.